The SMILES string of the molecule is C1=C[C@@H]2C=CC2c2c1n(-c1cccc(-n3c4ccccc4c4cc5c(cc43)c3ccccc3n5-c3ccccc3)c1)c1ccccc21. The normalized spacial score (nSPS) is 16.8. The molecule has 0 radical (unpaired) electrons. The summed E-state index contributed by atoms with van der Waals surface area (Å²) >= 11 is 0. The molecule has 3 nitrogen and oxygen atoms in total. The number of nitrogens with zero attached hydrogens (tertiary/aromatic N) is 3. The molecule has 220 valence electrons. The van der Waals surface area contributed by atoms with E-state index in [0.717, 1.165) is 5.69 Å². The van der Waals surface area contributed by atoms with Gasteiger partial charge in [0.1, 0.15) is 0 Å². The van der Waals surface area contributed by atoms with Gasteiger partial charge in [0, 0.05) is 55.8 Å². The van der Waals surface area contributed by atoms with Crippen LogP contribution in [0.4, 0.5) is 0 Å². The topological polar surface area (TPSA) is 14.8 Å². The summed E-state index contributed by atoms with van der Waals surface area (Å²) in [5.41, 5.74) is 12.4. The van der Waals surface area contributed by atoms with Gasteiger partial charge in [0.2, 0.25) is 0 Å². The van der Waals surface area contributed by atoms with E-state index in [1.54, 1.807) is 0 Å². The first-order chi connectivity index (χ1) is 23.3. The highest BCUT2D eigenvalue weighted by Gasteiger charge is 2.33. The van der Waals surface area contributed by atoms with Crippen molar-refractivity contribution in [1.29, 1.82) is 0 Å². The van der Waals surface area contributed by atoms with E-state index in [-0.39, 0.29) is 0 Å². The van der Waals surface area contributed by atoms with Gasteiger partial charge in [-0.05, 0) is 72.3 Å². The van der Waals surface area contributed by atoms with Gasteiger partial charge in [-0.25, -0.2) is 0 Å². The Morgan fingerprint density at radius 2 is 0.894 bits per heavy atom. The Kier molecular flexibility index (Phi) is 4.95. The standard InChI is InChI=1S/C44H29N3/c1-2-11-29(12-3-1)45-38-18-7-4-15-33(38)36-27-43-37(26-42(36)45)34-16-5-8-19-39(34)47(43)31-14-10-13-30(25-31)46-40-20-9-6-17-35(40)44-32-23-21-28(32)22-24-41(44)46/h1-28,32H/t28-,32?/m0/s1. The Bertz CT molecular complexity index is 2800. The zero-order valence-corrected chi connectivity index (χ0v) is 25.6. The molecule has 0 fully saturated rings. The molecule has 2 atom stereocenters. The minimum atomic E-state index is 0.460. The average Bonchev–Trinajstić information content (AvgIpc) is 3.73. The van der Waals surface area contributed by atoms with Gasteiger partial charge in [0.15, 0.2) is 0 Å². The maximum absolute atomic E-state index is 2.46. The molecule has 47 heavy (non-hydrogen) atoms. The fraction of sp³-hybridized carbons (Fsp3) is 0.0455. The first-order valence-corrected chi connectivity index (χ1v) is 16.5. The van der Waals surface area contributed by atoms with E-state index in [1.807, 2.05) is 0 Å². The van der Waals surface area contributed by atoms with Crippen LogP contribution in [-0.4, -0.2) is 13.7 Å². The second-order valence-corrected chi connectivity index (χ2v) is 12.9. The Balaban J connectivity index is 1.20. The lowest BCUT2D eigenvalue weighted by Crippen LogP contribution is -2.18. The molecule has 0 aliphatic heterocycles. The summed E-state index contributed by atoms with van der Waals surface area (Å²) < 4.78 is 7.33. The van der Waals surface area contributed by atoms with Crippen molar-refractivity contribution in [2.45, 2.75) is 5.92 Å². The van der Waals surface area contributed by atoms with Crippen LogP contribution in [0.1, 0.15) is 17.2 Å². The highest BCUT2D eigenvalue weighted by atomic mass is 15.0. The molecule has 9 aromatic rings. The molecule has 3 heteroatoms. The van der Waals surface area contributed by atoms with Crippen LogP contribution in [0.15, 0.2) is 158 Å². The maximum atomic E-state index is 2.46. The van der Waals surface area contributed by atoms with Crippen LogP contribution >= 0.6 is 0 Å². The lowest BCUT2D eigenvalue weighted by Gasteiger charge is -2.31. The first kappa shape index (κ1) is 25.2. The molecule has 0 saturated carbocycles. The third-order valence-corrected chi connectivity index (χ3v) is 10.5. The number of hydrogen-bond acceptors (Lipinski definition) is 0. The largest absolute Gasteiger partial charge is 0.309 e. The number of benzene rings is 6. The van der Waals surface area contributed by atoms with E-state index in [2.05, 4.69) is 178 Å². The molecule has 0 spiro atoms. The number of para-hydroxylation sites is 4. The molecule has 0 bridgehead atoms. The quantitative estimate of drug-likeness (QED) is 0.180. The van der Waals surface area contributed by atoms with E-state index in [9.17, 15) is 0 Å². The van der Waals surface area contributed by atoms with Crippen molar-refractivity contribution in [3.63, 3.8) is 0 Å². The van der Waals surface area contributed by atoms with Crippen LogP contribution in [0.25, 0.3) is 77.7 Å². The van der Waals surface area contributed by atoms with Crippen molar-refractivity contribution in [2.75, 3.05) is 0 Å². The third kappa shape index (κ3) is 3.35. The van der Waals surface area contributed by atoms with E-state index in [0.29, 0.717) is 11.8 Å². The van der Waals surface area contributed by atoms with Gasteiger partial charge in [-0.15, -0.1) is 0 Å². The molecule has 6 aromatic carbocycles. The lowest BCUT2D eigenvalue weighted by molar-refractivity contribution is 0.638. The van der Waals surface area contributed by atoms with E-state index in [1.165, 1.54) is 77.1 Å². The highest BCUT2D eigenvalue weighted by Crippen LogP contribution is 2.47. The third-order valence-electron chi connectivity index (χ3n) is 10.5. The fourth-order valence-corrected chi connectivity index (χ4v) is 8.44. The lowest BCUT2D eigenvalue weighted by atomic mass is 9.73. The smallest absolute Gasteiger partial charge is 0.0548 e. The van der Waals surface area contributed by atoms with Crippen LogP contribution in [0, 0.1) is 5.92 Å². The van der Waals surface area contributed by atoms with Gasteiger partial charge < -0.3 is 13.7 Å². The first-order valence-electron chi connectivity index (χ1n) is 16.5. The Morgan fingerprint density at radius 1 is 0.362 bits per heavy atom. The van der Waals surface area contributed by atoms with Crippen LogP contribution in [-0.2, 0) is 0 Å². The van der Waals surface area contributed by atoms with E-state index >= 15 is 0 Å². The zero-order chi connectivity index (χ0) is 30.6. The summed E-state index contributed by atoms with van der Waals surface area (Å²) in [6.07, 6.45) is 9.41. The minimum Gasteiger partial charge on any atom is -0.309 e. The fourth-order valence-electron chi connectivity index (χ4n) is 8.44. The van der Waals surface area contributed by atoms with Gasteiger partial charge in [-0.1, -0.05) is 97.1 Å². The molecular formula is C44H29N3. The van der Waals surface area contributed by atoms with Crippen molar-refractivity contribution < 1.29 is 0 Å². The van der Waals surface area contributed by atoms with Crippen LogP contribution in [0.5, 0.6) is 0 Å². The van der Waals surface area contributed by atoms with E-state index in [4.69, 9.17) is 0 Å². The molecule has 0 saturated heterocycles. The summed E-state index contributed by atoms with van der Waals surface area (Å²) in [4.78, 5) is 0. The van der Waals surface area contributed by atoms with Crippen molar-refractivity contribution in [3.8, 4) is 17.1 Å². The van der Waals surface area contributed by atoms with Crippen LogP contribution in [0.3, 0.4) is 0 Å². The van der Waals surface area contributed by atoms with Gasteiger partial charge in [-0.2, -0.15) is 0 Å². The average molecular weight is 600 g/mol. The molecule has 2 aliphatic rings. The molecule has 11 rings (SSSR count). The summed E-state index contributed by atoms with van der Waals surface area (Å²) in [6, 6.07) is 51.2. The number of fused-ring (bicyclic) bond motifs is 11. The maximum Gasteiger partial charge on any atom is 0.0548 e. The van der Waals surface area contributed by atoms with Crippen LogP contribution in [0.2, 0.25) is 0 Å². The van der Waals surface area contributed by atoms with E-state index < -0.39 is 0 Å². The summed E-state index contributed by atoms with van der Waals surface area (Å²) in [6.45, 7) is 0. The number of rotatable bonds is 3. The molecule has 0 amide bonds. The summed E-state index contributed by atoms with van der Waals surface area (Å²) in [7, 11) is 0. The van der Waals surface area contributed by atoms with Gasteiger partial charge >= 0.3 is 0 Å². The van der Waals surface area contributed by atoms with Gasteiger partial charge in [0.05, 0.1) is 33.3 Å². The Labute approximate surface area is 271 Å². The summed E-state index contributed by atoms with van der Waals surface area (Å²) in [5.74, 6) is 0.970. The summed E-state index contributed by atoms with van der Waals surface area (Å²) in [5, 5.41) is 6.39. The number of allylic oxidation sites excluding steroid dienone is 3. The monoisotopic (exact) mass is 599 g/mol. The Morgan fingerprint density at radius 3 is 1.53 bits per heavy atom. The molecule has 2 aliphatic carbocycles. The zero-order valence-electron chi connectivity index (χ0n) is 25.6. The molecule has 3 heterocycles. The highest BCUT2D eigenvalue weighted by molar-refractivity contribution is 6.19. The predicted molar refractivity (Wildman–Crippen MR) is 196 cm³/mol. The molecule has 3 aromatic heterocycles. The molecular weight excluding hydrogens is 571 g/mol. The number of hydrogen-bond donors (Lipinski definition) is 0. The van der Waals surface area contributed by atoms with Gasteiger partial charge in [-0.3, -0.25) is 0 Å². The van der Waals surface area contributed by atoms with Gasteiger partial charge in [0.25, 0.3) is 0 Å². The molecule has 0 N–H and O–H groups in total. The van der Waals surface area contributed by atoms with Crippen molar-refractivity contribution in [2.24, 2.45) is 5.92 Å². The van der Waals surface area contributed by atoms with Crippen LogP contribution < -0.4 is 0 Å². The Hall–Kier alpha value is -6.06. The van der Waals surface area contributed by atoms with Crippen molar-refractivity contribution in [3.05, 3.63) is 169 Å². The minimum absolute atomic E-state index is 0.460. The van der Waals surface area contributed by atoms with Crippen molar-refractivity contribution >= 4 is 60.6 Å². The predicted octanol–water partition coefficient (Wildman–Crippen LogP) is 11.1. The second-order valence-electron chi connectivity index (χ2n) is 12.9. The second kappa shape index (κ2) is 9.24. The number of aromatic nitrogens is 3. The van der Waals surface area contributed by atoms with Crippen molar-refractivity contribution in [1.82, 2.24) is 13.7 Å². The molecule has 1 unspecified atom stereocenters.